The Morgan fingerprint density at radius 2 is 2.35 bits per heavy atom. The first-order valence-corrected chi connectivity index (χ1v) is 6.48. The maximum atomic E-state index is 7.34. The third kappa shape index (κ3) is 2.79. The molecule has 0 radical (unpaired) electrons. The van der Waals surface area contributed by atoms with Crippen molar-refractivity contribution in [2.24, 2.45) is 11.7 Å². The number of benzene rings is 1. The maximum Gasteiger partial charge on any atom is 0.166 e. The monoisotopic (exact) mass is 248 g/mol. The Morgan fingerprint density at radius 1 is 1.59 bits per heavy atom. The average molecular weight is 248 g/mol. The van der Waals surface area contributed by atoms with Crippen LogP contribution >= 0.6 is 11.8 Å². The summed E-state index contributed by atoms with van der Waals surface area (Å²) in [5, 5.41) is 8.22. The number of thioether (sulfide) groups is 1. The van der Waals surface area contributed by atoms with Gasteiger partial charge < -0.3 is 10.7 Å². The summed E-state index contributed by atoms with van der Waals surface area (Å²) in [5.41, 5.74) is 8.69. The molecule has 4 nitrogen and oxygen atoms in total. The fourth-order valence-electron chi connectivity index (χ4n) is 1.46. The highest BCUT2D eigenvalue weighted by molar-refractivity contribution is 7.99. The first-order valence-electron chi connectivity index (χ1n) is 5.49. The Balaban J connectivity index is 2.12. The highest BCUT2D eigenvalue weighted by atomic mass is 32.2. The third-order valence-corrected chi connectivity index (χ3v) is 3.75. The highest BCUT2D eigenvalue weighted by Gasteiger charge is 2.08. The Hall–Kier alpha value is -1.49. The van der Waals surface area contributed by atoms with E-state index in [1.54, 1.807) is 11.8 Å². The molecular formula is C12H16N4S. The van der Waals surface area contributed by atoms with Crippen LogP contribution in [-0.2, 0) is 0 Å². The van der Waals surface area contributed by atoms with Gasteiger partial charge >= 0.3 is 0 Å². The summed E-state index contributed by atoms with van der Waals surface area (Å²) in [6.07, 6.45) is 0. The van der Waals surface area contributed by atoms with Crippen molar-refractivity contribution in [1.82, 2.24) is 9.97 Å². The number of nitrogens with zero attached hydrogens (tertiary/aromatic N) is 1. The van der Waals surface area contributed by atoms with Crippen molar-refractivity contribution in [1.29, 1.82) is 5.41 Å². The number of hydrogen-bond donors (Lipinski definition) is 3. The van der Waals surface area contributed by atoms with Crippen molar-refractivity contribution in [2.45, 2.75) is 19.0 Å². The number of H-pyrrole nitrogens is 1. The van der Waals surface area contributed by atoms with E-state index in [0.29, 0.717) is 0 Å². The highest BCUT2D eigenvalue weighted by Crippen LogP contribution is 2.22. The van der Waals surface area contributed by atoms with E-state index in [1.807, 2.05) is 13.0 Å². The fourth-order valence-corrected chi connectivity index (χ4v) is 2.39. The minimum absolute atomic E-state index is 0.0787. The van der Waals surface area contributed by atoms with Crippen molar-refractivity contribution >= 4 is 28.6 Å². The van der Waals surface area contributed by atoms with E-state index < -0.39 is 0 Å². The molecular weight excluding hydrogens is 232 g/mol. The van der Waals surface area contributed by atoms with Crippen molar-refractivity contribution < 1.29 is 0 Å². The molecule has 0 fully saturated rings. The predicted octanol–water partition coefficient (Wildman–Crippen LogP) is 2.54. The fraction of sp³-hybridized carbons (Fsp3) is 0.333. The number of nitrogens with two attached hydrogens (primary N) is 1. The van der Waals surface area contributed by atoms with Gasteiger partial charge in [0.1, 0.15) is 0 Å². The first-order chi connectivity index (χ1) is 8.06. The van der Waals surface area contributed by atoms with Gasteiger partial charge in [0, 0.05) is 11.7 Å². The van der Waals surface area contributed by atoms with E-state index in [4.69, 9.17) is 11.1 Å². The minimum atomic E-state index is 0.0787. The number of rotatable bonds is 4. The van der Waals surface area contributed by atoms with E-state index in [0.717, 1.165) is 21.9 Å². The summed E-state index contributed by atoms with van der Waals surface area (Å²) in [7, 11) is 0. The van der Waals surface area contributed by atoms with Crippen LogP contribution < -0.4 is 5.73 Å². The van der Waals surface area contributed by atoms with Crippen molar-refractivity contribution in [3.63, 3.8) is 0 Å². The molecule has 2 rings (SSSR count). The summed E-state index contributed by atoms with van der Waals surface area (Å²) >= 11 is 1.60. The van der Waals surface area contributed by atoms with Crippen LogP contribution in [0.2, 0.25) is 0 Å². The molecule has 0 spiro atoms. The Labute approximate surface area is 105 Å². The largest absolute Gasteiger partial charge is 0.387 e. The molecule has 0 amide bonds. The van der Waals surface area contributed by atoms with Gasteiger partial charge in [-0.1, -0.05) is 24.8 Å². The summed E-state index contributed by atoms with van der Waals surface area (Å²) in [6.45, 7) is 4.01. The lowest BCUT2D eigenvalue weighted by Gasteiger charge is -2.06. The smallest absolute Gasteiger partial charge is 0.166 e. The number of aryl methyl sites for hydroxylation is 1. The zero-order valence-corrected chi connectivity index (χ0v) is 10.8. The van der Waals surface area contributed by atoms with Gasteiger partial charge in [0.15, 0.2) is 5.16 Å². The molecule has 17 heavy (non-hydrogen) atoms. The zero-order valence-electron chi connectivity index (χ0n) is 9.95. The molecule has 1 aromatic carbocycles. The van der Waals surface area contributed by atoms with E-state index >= 15 is 0 Å². The normalized spacial score (nSPS) is 12.8. The van der Waals surface area contributed by atoms with E-state index in [2.05, 4.69) is 29.0 Å². The summed E-state index contributed by atoms with van der Waals surface area (Å²) in [5.74, 6) is 1.08. The Kier molecular flexibility index (Phi) is 3.38. The van der Waals surface area contributed by atoms with Gasteiger partial charge in [0.25, 0.3) is 0 Å². The second-order valence-corrected chi connectivity index (χ2v) is 5.24. The lowest BCUT2D eigenvalue weighted by atomic mass is 10.2. The Morgan fingerprint density at radius 3 is 3.06 bits per heavy atom. The van der Waals surface area contributed by atoms with Gasteiger partial charge in [-0.05, 0) is 24.6 Å². The van der Waals surface area contributed by atoms with Gasteiger partial charge in [-0.3, -0.25) is 5.41 Å². The van der Waals surface area contributed by atoms with Crippen molar-refractivity contribution in [2.75, 3.05) is 5.75 Å². The molecule has 0 aliphatic carbocycles. The molecule has 1 aromatic heterocycles. The standard InChI is InChI=1S/C12H16N4S/c1-7-3-4-9-10(5-7)16-12(15-9)17-6-8(2)11(13)14/h3-5,8H,6H2,1-2H3,(H3,13,14)(H,15,16). The number of nitrogens with one attached hydrogen (secondary N) is 2. The molecule has 0 bridgehead atoms. The van der Waals surface area contributed by atoms with Crippen LogP contribution in [0, 0.1) is 18.3 Å². The van der Waals surface area contributed by atoms with Crippen LogP contribution in [0.1, 0.15) is 12.5 Å². The van der Waals surface area contributed by atoms with Crippen LogP contribution in [0.3, 0.4) is 0 Å². The molecule has 1 heterocycles. The molecule has 0 saturated carbocycles. The van der Waals surface area contributed by atoms with Crippen LogP contribution in [0.5, 0.6) is 0 Å². The predicted molar refractivity (Wildman–Crippen MR) is 72.6 cm³/mol. The number of aromatic amines is 1. The van der Waals surface area contributed by atoms with Crippen molar-refractivity contribution in [3.05, 3.63) is 23.8 Å². The van der Waals surface area contributed by atoms with Crippen LogP contribution in [-0.4, -0.2) is 21.6 Å². The minimum Gasteiger partial charge on any atom is -0.387 e. The molecule has 0 saturated heterocycles. The van der Waals surface area contributed by atoms with E-state index in [1.165, 1.54) is 5.56 Å². The lowest BCUT2D eigenvalue weighted by Crippen LogP contribution is -2.21. The molecule has 0 aliphatic heterocycles. The molecule has 90 valence electrons. The molecule has 0 aliphatic rings. The van der Waals surface area contributed by atoms with Gasteiger partial charge in [0.2, 0.25) is 0 Å². The Bertz CT molecular complexity index is 546. The van der Waals surface area contributed by atoms with Gasteiger partial charge in [0.05, 0.1) is 16.9 Å². The number of imidazole rings is 1. The summed E-state index contributed by atoms with van der Waals surface area (Å²) < 4.78 is 0. The van der Waals surface area contributed by atoms with Gasteiger partial charge in [-0.2, -0.15) is 0 Å². The summed E-state index contributed by atoms with van der Waals surface area (Å²) in [6, 6.07) is 6.15. The van der Waals surface area contributed by atoms with Gasteiger partial charge in [-0.25, -0.2) is 4.98 Å². The van der Waals surface area contributed by atoms with Crippen LogP contribution in [0.25, 0.3) is 11.0 Å². The number of fused-ring (bicyclic) bond motifs is 1. The van der Waals surface area contributed by atoms with E-state index in [9.17, 15) is 0 Å². The molecule has 4 N–H and O–H groups in total. The average Bonchev–Trinajstić information content (AvgIpc) is 2.67. The van der Waals surface area contributed by atoms with Crippen LogP contribution in [0.4, 0.5) is 0 Å². The summed E-state index contributed by atoms with van der Waals surface area (Å²) in [4.78, 5) is 7.75. The first kappa shape index (κ1) is 12.0. The topological polar surface area (TPSA) is 78.6 Å². The quantitative estimate of drug-likeness (QED) is 0.442. The molecule has 5 heteroatoms. The number of aromatic nitrogens is 2. The lowest BCUT2D eigenvalue weighted by molar-refractivity contribution is 0.875. The molecule has 2 aromatic rings. The van der Waals surface area contributed by atoms with E-state index in [-0.39, 0.29) is 11.8 Å². The maximum absolute atomic E-state index is 7.34. The number of hydrogen-bond acceptors (Lipinski definition) is 3. The van der Waals surface area contributed by atoms with Crippen LogP contribution in [0.15, 0.2) is 23.4 Å². The molecule has 1 atom stereocenters. The zero-order chi connectivity index (χ0) is 12.4. The SMILES string of the molecule is Cc1ccc2nc(SCC(C)C(=N)N)[nH]c2c1. The molecule has 1 unspecified atom stereocenters. The third-order valence-electron chi connectivity index (χ3n) is 2.62. The second kappa shape index (κ2) is 4.79. The number of amidine groups is 1. The second-order valence-electron chi connectivity index (χ2n) is 4.23. The van der Waals surface area contributed by atoms with Crippen molar-refractivity contribution in [3.8, 4) is 0 Å². The van der Waals surface area contributed by atoms with Gasteiger partial charge in [-0.15, -0.1) is 0 Å².